The molecule has 0 aromatic heterocycles. The van der Waals surface area contributed by atoms with Crippen molar-refractivity contribution in [2.45, 2.75) is 449 Å². The molecule has 90 heavy (non-hydrogen) atoms. The van der Waals surface area contributed by atoms with E-state index in [2.05, 4.69) is 0 Å². The minimum atomic E-state index is 1.13. The van der Waals surface area contributed by atoms with Crippen LogP contribution in [0.3, 0.4) is 0 Å². The molecular weight excluding hydrogens is 1080 g/mol. The molecule has 0 aromatic rings. The molecule has 0 nitrogen and oxygen atoms in total. The minimum Gasteiger partial charge on any atom is -0.0530 e. The fourth-order valence-electron chi connectivity index (χ4n) is 25.3. The van der Waals surface area contributed by atoms with E-state index in [-0.39, 0.29) is 0 Å². The molecule has 520 valence electrons. The maximum absolute atomic E-state index is 1.58. The average Bonchev–Trinajstić information content (AvgIpc) is 4.28. The van der Waals surface area contributed by atoms with Gasteiger partial charge in [0.1, 0.15) is 0 Å². The van der Waals surface area contributed by atoms with E-state index in [1.807, 2.05) is 0 Å². The van der Waals surface area contributed by atoms with Crippen LogP contribution in [0.15, 0.2) is 0 Å². The van der Waals surface area contributed by atoms with Crippen molar-refractivity contribution >= 4 is 0 Å². The molecule has 23 fully saturated rings. The Morgan fingerprint density at radius 1 is 0.0667 bits per heavy atom. The largest absolute Gasteiger partial charge is 0.0530 e. The first kappa shape index (κ1) is 71.3. The molecule has 0 amide bonds. The molecule has 23 saturated carbocycles. The summed E-state index contributed by atoms with van der Waals surface area (Å²) in [5, 5.41) is 0. The molecule has 23 aliphatic carbocycles. The molecule has 23 aliphatic rings. The lowest BCUT2D eigenvalue weighted by Gasteiger charge is -2.35. The summed E-state index contributed by atoms with van der Waals surface area (Å²) in [6.45, 7) is 0. The van der Waals surface area contributed by atoms with Gasteiger partial charge in [0.25, 0.3) is 0 Å². The highest BCUT2D eigenvalue weighted by molar-refractivity contribution is 4.86. The monoisotopic (exact) mass is 1240 g/mol. The highest BCUT2D eigenvalue weighted by Crippen LogP contribution is 2.48. The summed E-state index contributed by atoms with van der Waals surface area (Å²) < 4.78 is 0. The first-order valence-electron chi connectivity index (χ1n) is 44.5. The molecule has 20 bridgehead atoms. The standard InChI is InChI=1S/C11H20.3C10H18.2C9H16.3C8H14.C7H12/c1-2-5-11-7-3-6-10(4-1)8-9-11;1-3-9-5-2-6-10(4-1)8-7-9;1-2-5-10-7-3-6-9(4-1)8-10;1-2-4-10-7-5-9(3-1)6-8-10;1-3-8-5-2-6-9(4-1)7-8;1-2-4-9-6-5-8(3-1)7-9;1-2-8-5-3-7(1)4-6-8;1-2-7-4-5-8(3-1)6-7;1-2-4-8-5-7(3-1)6-8;1-2-7-4-3-6(1)5-7/h10-11H,1-9H2;3*9-10H,1-8H2;2*8-9H,1-7H2;3*7-8H,1-6H2;6-7H,1-5H2. The molecular formula is C90H160. The third-order valence-electron chi connectivity index (χ3n) is 31.4. The van der Waals surface area contributed by atoms with Crippen molar-refractivity contribution in [2.24, 2.45) is 118 Å². The van der Waals surface area contributed by atoms with Crippen molar-refractivity contribution in [3.8, 4) is 0 Å². The van der Waals surface area contributed by atoms with Gasteiger partial charge in [-0.2, -0.15) is 0 Å². The fourth-order valence-corrected chi connectivity index (χ4v) is 25.3. The summed E-state index contributed by atoms with van der Waals surface area (Å²) in [6.07, 6.45) is 109. The van der Waals surface area contributed by atoms with Gasteiger partial charge >= 0.3 is 0 Å². The quantitative estimate of drug-likeness (QED) is 0.227. The van der Waals surface area contributed by atoms with E-state index in [0.717, 1.165) is 94.7 Å². The van der Waals surface area contributed by atoms with Gasteiger partial charge in [0.2, 0.25) is 0 Å². The zero-order valence-corrected chi connectivity index (χ0v) is 61.0. The Kier molecular flexibility index (Phi) is 32.3. The fraction of sp³-hybridized carbons (Fsp3) is 1.00. The third-order valence-corrected chi connectivity index (χ3v) is 31.4. The summed E-state index contributed by atoms with van der Waals surface area (Å²) in [5.74, 6) is 23.0. The van der Waals surface area contributed by atoms with Gasteiger partial charge in [0.15, 0.2) is 0 Å². The Hall–Kier alpha value is 0. The van der Waals surface area contributed by atoms with Crippen LogP contribution in [0.1, 0.15) is 449 Å². The van der Waals surface area contributed by atoms with Crippen molar-refractivity contribution in [3.05, 3.63) is 0 Å². The van der Waals surface area contributed by atoms with Crippen LogP contribution in [0.2, 0.25) is 0 Å². The average molecular weight is 1240 g/mol. The van der Waals surface area contributed by atoms with Crippen molar-refractivity contribution in [2.75, 3.05) is 0 Å². The van der Waals surface area contributed by atoms with Gasteiger partial charge in [0.05, 0.1) is 0 Å². The van der Waals surface area contributed by atoms with Crippen LogP contribution in [-0.4, -0.2) is 0 Å². The molecule has 8 atom stereocenters. The van der Waals surface area contributed by atoms with E-state index in [0.29, 0.717) is 0 Å². The van der Waals surface area contributed by atoms with Crippen LogP contribution >= 0.6 is 0 Å². The summed E-state index contributed by atoms with van der Waals surface area (Å²) in [5.41, 5.74) is 0. The molecule has 8 unspecified atom stereocenters. The van der Waals surface area contributed by atoms with Crippen LogP contribution in [-0.2, 0) is 0 Å². The molecule has 0 aromatic carbocycles. The lowest BCUT2D eigenvalue weighted by atomic mass is 9.71. The first-order chi connectivity index (χ1) is 44.5. The Bertz CT molecular complexity index is 1610. The smallest absolute Gasteiger partial charge is 0.0409 e. The molecule has 0 heteroatoms. The van der Waals surface area contributed by atoms with Crippen molar-refractivity contribution in [1.82, 2.24) is 0 Å². The van der Waals surface area contributed by atoms with Crippen LogP contribution in [0, 0.1) is 118 Å². The predicted octanol–water partition coefficient (Wildman–Crippen LogP) is 29.8. The zero-order valence-electron chi connectivity index (χ0n) is 61.0. The van der Waals surface area contributed by atoms with Gasteiger partial charge in [-0.1, -0.05) is 405 Å². The number of rotatable bonds is 0. The second kappa shape index (κ2) is 40.8. The topological polar surface area (TPSA) is 0 Å². The van der Waals surface area contributed by atoms with Crippen LogP contribution < -0.4 is 0 Å². The lowest BCUT2D eigenvalue weighted by molar-refractivity contribution is 0.176. The molecule has 0 radical (unpaired) electrons. The van der Waals surface area contributed by atoms with Crippen molar-refractivity contribution in [3.63, 3.8) is 0 Å². The van der Waals surface area contributed by atoms with Gasteiger partial charge in [-0.15, -0.1) is 0 Å². The van der Waals surface area contributed by atoms with E-state index >= 15 is 0 Å². The summed E-state index contributed by atoms with van der Waals surface area (Å²) in [4.78, 5) is 0. The Balaban J connectivity index is 0.000000103. The van der Waals surface area contributed by atoms with E-state index in [4.69, 9.17) is 0 Å². The van der Waals surface area contributed by atoms with E-state index in [9.17, 15) is 0 Å². The van der Waals surface area contributed by atoms with E-state index in [1.165, 1.54) is 133 Å². The summed E-state index contributed by atoms with van der Waals surface area (Å²) in [7, 11) is 0. The number of hydrogen-bond donors (Lipinski definition) is 0. The summed E-state index contributed by atoms with van der Waals surface area (Å²) in [6, 6.07) is 0. The molecule has 0 aliphatic heterocycles. The molecule has 0 heterocycles. The molecule has 23 rings (SSSR count). The maximum atomic E-state index is 1.58. The second-order valence-corrected chi connectivity index (χ2v) is 38.3. The number of hydrogen-bond acceptors (Lipinski definition) is 0. The second-order valence-electron chi connectivity index (χ2n) is 38.3. The Morgan fingerprint density at radius 2 is 0.156 bits per heavy atom. The predicted molar refractivity (Wildman–Crippen MR) is 393 cm³/mol. The summed E-state index contributed by atoms with van der Waals surface area (Å²) >= 11 is 0. The highest BCUT2D eigenvalue weighted by atomic mass is 14.4. The van der Waals surface area contributed by atoms with E-state index in [1.54, 1.807) is 340 Å². The first-order valence-corrected chi connectivity index (χ1v) is 44.5. The van der Waals surface area contributed by atoms with Gasteiger partial charge in [-0.3, -0.25) is 0 Å². The Labute approximate surface area is 564 Å². The minimum absolute atomic E-state index is 1.13. The molecule has 0 spiro atoms. The van der Waals surface area contributed by atoms with Crippen LogP contribution in [0.25, 0.3) is 0 Å². The highest BCUT2D eigenvalue weighted by Gasteiger charge is 2.34. The Morgan fingerprint density at radius 3 is 0.344 bits per heavy atom. The zero-order chi connectivity index (χ0) is 61.0. The van der Waals surface area contributed by atoms with Gasteiger partial charge in [0, 0.05) is 0 Å². The van der Waals surface area contributed by atoms with E-state index < -0.39 is 0 Å². The lowest BCUT2D eigenvalue weighted by Crippen LogP contribution is -2.21. The van der Waals surface area contributed by atoms with Crippen molar-refractivity contribution in [1.29, 1.82) is 0 Å². The van der Waals surface area contributed by atoms with Crippen molar-refractivity contribution < 1.29 is 0 Å². The van der Waals surface area contributed by atoms with Gasteiger partial charge in [-0.05, 0) is 163 Å². The normalized spacial score (nSPS) is 42.7. The molecule has 0 saturated heterocycles. The maximum Gasteiger partial charge on any atom is -0.0409 e. The molecule has 0 N–H and O–H groups in total. The van der Waals surface area contributed by atoms with Gasteiger partial charge in [-0.25, -0.2) is 0 Å². The van der Waals surface area contributed by atoms with Crippen LogP contribution in [0.5, 0.6) is 0 Å². The van der Waals surface area contributed by atoms with Gasteiger partial charge < -0.3 is 0 Å². The third kappa shape index (κ3) is 26.0. The number of fused-ring (bicyclic) bond motifs is 27. The SMILES string of the molecule is C1CC2CCC(C1)C2.C1CC2CCC1C2.C1CC2CCC1CC2.C1CC2CCCC(C1)C2.C1CC2CCCC(C1)CC2.C1CCC2CC(C1)C2.C1CCC2CCC(C1)C2.C1CCC2CCC(C1)CC2.C1CCC2CCCC(C1)C2.C1CCC2CCCC(C1)CC2. The van der Waals surface area contributed by atoms with Crippen LogP contribution in [0.4, 0.5) is 0 Å².